The third-order valence-corrected chi connectivity index (χ3v) is 10.8. The molecule has 0 aromatic rings. The van der Waals surface area contributed by atoms with Gasteiger partial charge in [-0.05, 0) is 113 Å². The second-order valence-electron chi connectivity index (χ2n) is 12.6. The van der Waals surface area contributed by atoms with Crippen LogP contribution in [0.5, 0.6) is 0 Å². The monoisotopic (exact) mass is 426 g/mol. The van der Waals surface area contributed by atoms with Crippen LogP contribution >= 0.6 is 0 Å². The largest absolute Gasteiger partial charge is 0.395 e. The number of hydrogen-bond donors (Lipinski definition) is 1. The van der Waals surface area contributed by atoms with Crippen LogP contribution in [0.25, 0.3) is 0 Å². The fraction of sp³-hybridized carbons (Fsp3) is 0.828. The molecule has 2 heteroatoms. The summed E-state index contributed by atoms with van der Waals surface area (Å²) in [7, 11) is 0. The molecule has 4 aliphatic carbocycles. The van der Waals surface area contributed by atoms with Crippen LogP contribution in [0, 0.1) is 45.8 Å². The summed E-state index contributed by atoms with van der Waals surface area (Å²) in [6.07, 6.45) is 15.6. The van der Waals surface area contributed by atoms with Crippen molar-refractivity contribution in [3.63, 3.8) is 0 Å². The summed E-state index contributed by atoms with van der Waals surface area (Å²) in [6.45, 7) is 14.0. The van der Waals surface area contributed by atoms with Crippen molar-refractivity contribution in [1.82, 2.24) is 0 Å². The van der Waals surface area contributed by atoms with Gasteiger partial charge in [0.2, 0.25) is 0 Å². The van der Waals surface area contributed by atoms with Crippen molar-refractivity contribution >= 4 is 5.78 Å². The zero-order chi connectivity index (χ0) is 22.6. The number of allylic oxidation sites excluding steroid dienone is 3. The van der Waals surface area contributed by atoms with E-state index in [1.54, 1.807) is 0 Å². The van der Waals surface area contributed by atoms with Crippen LogP contribution in [0.1, 0.15) is 99.3 Å². The van der Waals surface area contributed by atoms with E-state index in [1.807, 2.05) is 6.92 Å². The lowest BCUT2D eigenvalue weighted by Crippen LogP contribution is -2.55. The third-order valence-electron chi connectivity index (χ3n) is 10.8. The predicted molar refractivity (Wildman–Crippen MR) is 129 cm³/mol. The van der Waals surface area contributed by atoms with E-state index in [9.17, 15) is 9.90 Å². The van der Waals surface area contributed by atoms with Crippen molar-refractivity contribution in [1.29, 1.82) is 0 Å². The highest BCUT2D eigenvalue weighted by Crippen LogP contribution is 2.68. The topological polar surface area (TPSA) is 37.3 Å². The van der Waals surface area contributed by atoms with Gasteiger partial charge in [-0.2, -0.15) is 0 Å². The maximum absolute atomic E-state index is 12.8. The zero-order valence-electron chi connectivity index (χ0n) is 21.0. The molecule has 0 bridgehead atoms. The molecule has 0 aromatic carbocycles. The van der Waals surface area contributed by atoms with Gasteiger partial charge in [-0.3, -0.25) is 4.79 Å². The Labute approximate surface area is 191 Å². The summed E-state index contributed by atoms with van der Waals surface area (Å²) in [6, 6.07) is 0. The van der Waals surface area contributed by atoms with Crippen molar-refractivity contribution in [3.8, 4) is 0 Å². The van der Waals surface area contributed by atoms with Crippen LogP contribution < -0.4 is 0 Å². The molecule has 0 saturated heterocycles. The molecule has 0 amide bonds. The van der Waals surface area contributed by atoms with Crippen LogP contribution in [0.15, 0.2) is 23.3 Å². The first-order valence-corrected chi connectivity index (χ1v) is 13.1. The van der Waals surface area contributed by atoms with Gasteiger partial charge in [0, 0.05) is 6.42 Å². The molecule has 0 aliphatic heterocycles. The molecule has 8 atom stereocenters. The second-order valence-corrected chi connectivity index (χ2v) is 12.6. The van der Waals surface area contributed by atoms with Crippen LogP contribution in [0.4, 0.5) is 0 Å². The Bertz CT molecular complexity index is 774. The van der Waals surface area contributed by atoms with Crippen LogP contribution in [0.2, 0.25) is 0 Å². The summed E-state index contributed by atoms with van der Waals surface area (Å²) in [5, 5.41) is 10.2. The van der Waals surface area contributed by atoms with Crippen molar-refractivity contribution < 1.29 is 9.90 Å². The zero-order valence-corrected chi connectivity index (χ0v) is 21.0. The number of carbonyl (C=O) groups is 1. The lowest BCUT2D eigenvalue weighted by atomic mass is 9.44. The molecule has 0 aromatic heterocycles. The molecule has 31 heavy (non-hydrogen) atoms. The van der Waals surface area contributed by atoms with Crippen LogP contribution in [-0.2, 0) is 4.79 Å². The lowest BCUT2D eigenvalue weighted by Gasteiger charge is -2.60. The molecule has 1 N–H and O–H groups in total. The smallest absolute Gasteiger partial charge is 0.145 e. The molecule has 3 saturated carbocycles. The maximum Gasteiger partial charge on any atom is 0.145 e. The van der Waals surface area contributed by atoms with Gasteiger partial charge in [-0.15, -0.1) is 0 Å². The number of aliphatic hydroxyl groups excluding tert-OH is 1. The number of carbonyl (C=O) groups excluding carboxylic acids is 1. The first kappa shape index (κ1) is 23.3. The van der Waals surface area contributed by atoms with E-state index in [0.717, 1.165) is 36.5 Å². The van der Waals surface area contributed by atoms with E-state index in [-0.39, 0.29) is 17.8 Å². The maximum atomic E-state index is 12.8. The van der Waals surface area contributed by atoms with Gasteiger partial charge in [0.15, 0.2) is 0 Å². The molecule has 3 fully saturated rings. The second kappa shape index (κ2) is 8.15. The van der Waals surface area contributed by atoms with E-state index < -0.39 is 5.41 Å². The van der Waals surface area contributed by atoms with E-state index in [4.69, 9.17) is 0 Å². The normalized spacial score (nSPS) is 45.3. The third kappa shape index (κ3) is 3.51. The van der Waals surface area contributed by atoms with Gasteiger partial charge < -0.3 is 5.11 Å². The quantitative estimate of drug-likeness (QED) is 0.475. The SMILES string of the molecule is CC(C)=CCC[C@@H](C)[C@H]1CC[C@H]2[C@@H]3CC=C4C(C)(CO)C(=O)CC[C@]4(C)[C@H]3CC[C@]12C. The number of ketones is 1. The number of rotatable bonds is 5. The summed E-state index contributed by atoms with van der Waals surface area (Å²) in [5.74, 6) is 4.19. The fourth-order valence-electron chi connectivity index (χ4n) is 9.05. The molecule has 4 aliphatic rings. The first-order chi connectivity index (χ1) is 14.6. The molecule has 0 radical (unpaired) electrons. The Hall–Kier alpha value is -0.890. The molecular weight excluding hydrogens is 380 g/mol. The van der Waals surface area contributed by atoms with Gasteiger partial charge in [0.05, 0.1) is 12.0 Å². The van der Waals surface area contributed by atoms with Crippen LogP contribution in [-0.4, -0.2) is 17.5 Å². The van der Waals surface area contributed by atoms with E-state index in [0.29, 0.717) is 17.8 Å². The van der Waals surface area contributed by atoms with E-state index >= 15 is 0 Å². The fourth-order valence-corrected chi connectivity index (χ4v) is 9.05. The molecule has 0 spiro atoms. The summed E-state index contributed by atoms with van der Waals surface area (Å²) in [5.41, 5.74) is 2.67. The lowest BCUT2D eigenvalue weighted by molar-refractivity contribution is -0.135. The molecule has 4 rings (SSSR count). The Morgan fingerprint density at radius 2 is 1.90 bits per heavy atom. The summed E-state index contributed by atoms with van der Waals surface area (Å²) >= 11 is 0. The minimum absolute atomic E-state index is 0.0307. The van der Waals surface area contributed by atoms with E-state index in [1.165, 1.54) is 49.7 Å². The minimum atomic E-state index is -0.642. The highest BCUT2D eigenvalue weighted by Gasteiger charge is 2.61. The van der Waals surface area contributed by atoms with Crippen molar-refractivity contribution in [2.24, 2.45) is 45.8 Å². The Balaban J connectivity index is 1.58. The number of fused-ring (bicyclic) bond motifs is 5. The highest BCUT2D eigenvalue weighted by atomic mass is 16.3. The molecule has 2 nitrogen and oxygen atoms in total. The summed E-state index contributed by atoms with van der Waals surface area (Å²) in [4.78, 5) is 12.8. The van der Waals surface area contributed by atoms with Gasteiger partial charge >= 0.3 is 0 Å². The number of aliphatic hydroxyl groups is 1. The van der Waals surface area contributed by atoms with Gasteiger partial charge in [-0.1, -0.05) is 44.1 Å². The molecule has 0 heterocycles. The van der Waals surface area contributed by atoms with Gasteiger partial charge in [0.1, 0.15) is 5.78 Å². The average molecular weight is 427 g/mol. The first-order valence-electron chi connectivity index (χ1n) is 13.1. The highest BCUT2D eigenvalue weighted by molar-refractivity contribution is 5.89. The predicted octanol–water partition coefficient (Wildman–Crippen LogP) is 7.13. The average Bonchev–Trinajstić information content (AvgIpc) is 3.08. The van der Waals surface area contributed by atoms with Gasteiger partial charge in [-0.25, -0.2) is 0 Å². The Morgan fingerprint density at radius 1 is 1.16 bits per heavy atom. The minimum Gasteiger partial charge on any atom is -0.395 e. The van der Waals surface area contributed by atoms with Crippen LogP contribution in [0.3, 0.4) is 0 Å². The van der Waals surface area contributed by atoms with Crippen molar-refractivity contribution in [2.45, 2.75) is 99.3 Å². The molecule has 1 unspecified atom stereocenters. The van der Waals surface area contributed by atoms with Gasteiger partial charge in [0.25, 0.3) is 0 Å². The standard InChI is InChI=1S/C29H46O2/c1-19(2)8-7-9-20(3)22-11-12-23-21-10-13-25-28(5,24(21)14-16-27(22,23)4)17-15-26(31)29(25,6)18-30/h8,13,20-24,30H,7,9-12,14-18H2,1-6H3/t20-,21+,22-,23+,24+,27-,28-,29?/m1/s1. The van der Waals surface area contributed by atoms with Crippen molar-refractivity contribution in [3.05, 3.63) is 23.3 Å². The summed E-state index contributed by atoms with van der Waals surface area (Å²) < 4.78 is 0. The van der Waals surface area contributed by atoms with Crippen molar-refractivity contribution in [2.75, 3.05) is 6.61 Å². The molecule has 174 valence electrons. The Kier molecular flexibility index (Phi) is 6.12. The number of hydrogen-bond acceptors (Lipinski definition) is 2. The number of Topliss-reactive ketones (excluding diaryl/α,β-unsaturated/α-hetero) is 1. The van der Waals surface area contributed by atoms with E-state index in [2.05, 4.69) is 46.8 Å². The Morgan fingerprint density at radius 3 is 2.58 bits per heavy atom. The molecular formula is C29H46O2.